The van der Waals surface area contributed by atoms with Crippen molar-refractivity contribution in [1.82, 2.24) is 4.90 Å². The lowest BCUT2D eigenvalue weighted by molar-refractivity contribution is -0.133. The van der Waals surface area contributed by atoms with Crippen LogP contribution < -0.4 is 10.6 Å². The second-order valence-corrected chi connectivity index (χ2v) is 8.86. The number of hydrogen-bond acceptors (Lipinski definition) is 4. The Bertz CT molecular complexity index is 886. The molecule has 2 aromatic rings. The van der Waals surface area contributed by atoms with Crippen molar-refractivity contribution in [3.05, 3.63) is 54.6 Å². The Morgan fingerprint density at radius 3 is 2.33 bits per heavy atom. The summed E-state index contributed by atoms with van der Waals surface area (Å²) in [5, 5.41) is 5.42. The lowest BCUT2D eigenvalue weighted by atomic mass is 9.96. The molecular formula is C23H27N3O3S. The molecule has 2 atom stereocenters. The van der Waals surface area contributed by atoms with Crippen molar-refractivity contribution in [3.8, 4) is 0 Å². The summed E-state index contributed by atoms with van der Waals surface area (Å²) in [6.45, 7) is 4.49. The number of carbonyl (C=O) groups excluding carboxylic acids is 3. The number of amides is 3. The van der Waals surface area contributed by atoms with Crippen LogP contribution in [-0.2, 0) is 14.4 Å². The molecule has 30 heavy (non-hydrogen) atoms. The first kappa shape index (κ1) is 21.9. The number of nitrogens with one attached hydrogen (secondary N) is 2. The molecule has 1 aliphatic rings. The monoisotopic (exact) mass is 425 g/mol. The van der Waals surface area contributed by atoms with Gasteiger partial charge in [-0.05, 0) is 56.2 Å². The van der Waals surface area contributed by atoms with Crippen LogP contribution in [0.5, 0.6) is 0 Å². The molecule has 0 aliphatic carbocycles. The van der Waals surface area contributed by atoms with E-state index in [9.17, 15) is 14.4 Å². The fourth-order valence-electron chi connectivity index (χ4n) is 3.49. The summed E-state index contributed by atoms with van der Waals surface area (Å²) in [5.74, 6) is -0.303. The molecule has 1 saturated heterocycles. The minimum atomic E-state index is -0.257. The zero-order valence-electron chi connectivity index (χ0n) is 17.3. The number of piperidine rings is 1. The fourth-order valence-corrected chi connectivity index (χ4v) is 4.44. The number of anilines is 2. The largest absolute Gasteiger partial charge is 0.341 e. The van der Waals surface area contributed by atoms with E-state index in [1.165, 1.54) is 18.7 Å². The summed E-state index contributed by atoms with van der Waals surface area (Å²) in [5.41, 5.74) is 1.51. The summed E-state index contributed by atoms with van der Waals surface area (Å²) in [6.07, 6.45) is 1.61. The molecule has 0 aromatic heterocycles. The summed E-state index contributed by atoms with van der Waals surface area (Å²) in [4.78, 5) is 39.5. The SMILES string of the molecule is CC(=O)Nc1ccc(S[C@H](C)C(=O)N2CCC[C@@H](C(=O)Nc3ccccc3)C2)cc1. The molecule has 6 nitrogen and oxygen atoms in total. The molecule has 3 rings (SSSR count). The molecular weight excluding hydrogens is 398 g/mol. The van der Waals surface area contributed by atoms with Gasteiger partial charge in [-0.1, -0.05) is 18.2 Å². The molecule has 2 aromatic carbocycles. The number of nitrogens with zero attached hydrogens (tertiary/aromatic N) is 1. The number of likely N-dealkylation sites (tertiary alicyclic amines) is 1. The van der Waals surface area contributed by atoms with Gasteiger partial charge in [0.05, 0.1) is 11.2 Å². The first-order valence-electron chi connectivity index (χ1n) is 10.1. The van der Waals surface area contributed by atoms with E-state index in [-0.39, 0.29) is 28.9 Å². The van der Waals surface area contributed by atoms with Crippen LogP contribution in [0.4, 0.5) is 11.4 Å². The average molecular weight is 426 g/mol. The van der Waals surface area contributed by atoms with Gasteiger partial charge in [-0.3, -0.25) is 14.4 Å². The molecule has 0 saturated carbocycles. The minimum Gasteiger partial charge on any atom is -0.341 e. The second-order valence-electron chi connectivity index (χ2n) is 7.44. The predicted octanol–water partition coefficient (Wildman–Crippen LogP) is 4.00. The molecule has 2 N–H and O–H groups in total. The molecule has 0 spiro atoms. The topological polar surface area (TPSA) is 78.5 Å². The van der Waals surface area contributed by atoms with Crippen molar-refractivity contribution in [3.63, 3.8) is 0 Å². The van der Waals surface area contributed by atoms with Crippen molar-refractivity contribution in [1.29, 1.82) is 0 Å². The van der Waals surface area contributed by atoms with E-state index in [1.54, 1.807) is 0 Å². The summed E-state index contributed by atoms with van der Waals surface area (Å²) < 4.78 is 0. The van der Waals surface area contributed by atoms with E-state index in [4.69, 9.17) is 0 Å². The zero-order chi connectivity index (χ0) is 21.5. The Hall–Kier alpha value is -2.80. The number of para-hydroxylation sites is 1. The highest BCUT2D eigenvalue weighted by molar-refractivity contribution is 8.00. The Labute approximate surface area is 181 Å². The Morgan fingerprint density at radius 1 is 1.00 bits per heavy atom. The highest BCUT2D eigenvalue weighted by Gasteiger charge is 2.30. The molecule has 3 amide bonds. The number of hydrogen-bond donors (Lipinski definition) is 2. The van der Waals surface area contributed by atoms with Crippen LogP contribution in [-0.4, -0.2) is 41.0 Å². The van der Waals surface area contributed by atoms with Gasteiger partial charge >= 0.3 is 0 Å². The molecule has 0 radical (unpaired) electrons. The van der Waals surface area contributed by atoms with Crippen molar-refractivity contribution in [2.24, 2.45) is 5.92 Å². The lowest BCUT2D eigenvalue weighted by Gasteiger charge is -2.33. The molecule has 158 valence electrons. The van der Waals surface area contributed by atoms with Gasteiger partial charge in [0, 0.05) is 36.3 Å². The number of thioether (sulfide) groups is 1. The van der Waals surface area contributed by atoms with Crippen LogP contribution in [0.3, 0.4) is 0 Å². The first-order chi connectivity index (χ1) is 14.4. The number of rotatable bonds is 6. The third-order valence-electron chi connectivity index (χ3n) is 4.98. The van der Waals surface area contributed by atoms with Gasteiger partial charge in [0.15, 0.2) is 0 Å². The third kappa shape index (κ3) is 6.10. The van der Waals surface area contributed by atoms with Crippen LogP contribution in [0.1, 0.15) is 26.7 Å². The Balaban J connectivity index is 1.54. The average Bonchev–Trinajstić information content (AvgIpc) is 2.75. The van der Waals surface area contributed by atoms with Crippen LogP contribution in [0.2, 0.25) is 0 Å². The molecule has 0 bridgehead atoms. The summed E-state index contributed by atoms with van der Waals surface area (Å²) in [7, 11) is 0. The highest BCUT2D eigenvalue weighted by atomic mass is 32.2. The first-order valence-corrected chi connectivity index (χ1v) is 11.0. The van der Waals surface area contributed by atoms with Crippen LogP contribution in [0.15, 0.2) is 59.5 Å². The summed E-state index contributed by atoms with van der Waals surface area (Å²) in [6, 6.07) is 16.8. The normalized spacial score (nSPS) is 17.1. The zero-order valence-corrected chi connectivity index (χ0v) is 18.1. The van der Waals surface area contributed by atoms with Crippen molar-refractivity contribution in [2.45, 2.75) is 36.8 Å². The lowest BCUT2D eigenvalue weighted by Crippen LogP contribution is -2.46. The fraction of sp³-hybridized carbons (Fsp3) is 0.348. The molecule has 0 unspecified atom stereocenters. The maximum absolute atomic E-state index is 13.0. The van der Waals surface area contributed by atoms with Gasteiger partial charge in [-0.25, -0.2) is 0 Å². The van der Waals surface area contributed by atoms with Gasteiger partial charge in [-0.2, -0.15) is 0 Å². The van der Waals surface area contributed by atoms with E-state index in [0.717, 1.165) is 29.1 Å². The molecule has 1 aliphatic heterocycles. The van der Waals surface area contributed by atoms with Gasteiger partial charge in [0.1, 0.15) is 0 Å². The van der Waals surface area contributed by atoms with Crippen LogP contribution in [0, 0.1) is 5.92 Å². The quantitative estimate of drug-likeness (QED) is 0.686. The van der Waals surface area contributed by atoms with Gasteiger partial charge in [0.2, 0.25) is 17.7 Å². The van der Waals surface area contributed by atoms with E-state index >= 15 is 0 Å². The van der Waals surface area contributed by atoms with E-state index < -0.39 is 0 Å². The molecule has 1 fully saturated rings. The molecule has 1 heterocycles. The van der Waals surface area contributed by atoms with E-state index in [0.29, 0.717) is 13.1 Å². The summed E-state index contributed by atoms with van der Waals surface area (Å²) >= 11 is 1.48. The number of carbonyl (C=O) groups is 3. The van der Waals surface area contributed by atoms with Gasteiger partial charge in [0.25, 0.3) is 0 Å². The minimum absolute atomic E-state index is 0.0347. The van der Waals surface area contributed by atoms with Crippen molar-refractivity contribution >= 4 is 40.9 Å². The standard InChI is InChI=1S/C23H27N3O3S/c1-16(30-21-12-10-20(11-13-21)24-17(2)27)23(29)26-14-6-7-18(15-26)22(28)25-19-8-4-3-5-9-19/h3-5,8-13,16,18H,6-7,14-15H2,1-2H3,(H,24,27)(H,25,28)/t16-,18-/m1/s1. The number of benzene rings is 2. The Kier molecular flexibility index (Phi) is 7.52. The maximum atomic E-state index is 13.0. The predicted molar refractivity (Wildman–Crippen MR) is 120 cm³/mol. The second kappa shape index (κ2) is 10.3. The smallest absolute Gasteiger partial charge is 0.235 e. The van der Waals surface area contributed by atoms with Gasteiger partial charge in [-0.15, -0.1) is 11.8 Å². The van der Waals surface area contributed by atoms with Crippen LogP contribution in [0.25, 0.3) is 0 Å². The highest BCUT2D eigenvalue weighted by Crippen LogP contribution is 2.28. The third-order valence-corrected chi connectivity index (χ3v) is 6.08. The molecule has 7 heteroatoms. The van der Waals surface area contributed by atoms with Crippen molar-refractivity contribution in [2.75, 3.05) is 23.7 Å². The van der Waals surface area contributed by atoms with E-state index in [1.807, 2.05) is 66.4 Å². The van der Waals surface area contributed by atoms with Crippen LogP contribution >= 0.6 is 11.8 Å². The van der Waals surface area contributed by atoms with Crippen molar-refractivity contribution < 1.29 is 14.4 Å². The van der Waals surface area contributed by atoms with E-state index in [2.05, 4.69) is 10.6 Å². The maximum Gasteiger partial charge on any atom is 0.235 e. The van der Waals surface area contributed by atoms with Gasteiger partial charge < -0.3 is 15.5 Å². The Morgan fingerprint density at radius 2 is 1.67 bits per heavy atom.